The molecule has 0 heterocycles. The lowest BCUT2D eigenvalue weighted by Gasteiger charge is -1.94. The molecule has 0 N–H and O–H groups in total. The van der Waals surface area contributed by atoms with Crippen LogP contribution in [0, 0.1) is 10.1 Å². The molecule has 0 fully saturated rings. The Bertz CT molecular complexity index is 239. The van der Waals surface area contributed by atoms with Crippen molar-refractivity contribution in [3.8, 4) is 0 Å². The molecule has 0 aromatic carbocycles. The van der Waals surface area contributed by atoms with Gasteiger partial charge in [-0.05, 0) is 19.4 Å². The third-order valence-electron chi connectivity index (χ3n) is 1.52. The SMILES string of the molecule is CC/C(=C\C(C)=C(/C)F)[N+](=O)[O-]. The fraction of sp³-hybridized carbons (Fsp3) is 0.500. The van der Waals surface area contributed by atoms with Crippen molar-refractivity contribution in [3.05, 3.63) is 33.3 Å². The van der Waals surface area contributed by atoms with Gasteiger partial charge in [-0.25, -0.2) is 4.39 Å². The fourth-order valence-corrected chi connectivity index (χ4v) is 0.633. The molecule has 4 heteroatoms. The Morgan fingerprint density at radius 3 is 2.33 bits per heavy atom. The highest BCUT2D eigenvalue weighted by Gasteiger charge is 2.07. The van der Waals surface area contributed by atoms with Crippen LogP contribution in [0.25, 0.3) is 0 Å². The molecular weight excluding hydrogens is 161 g/mol. The number of hydrogen-bond donors (Lipinski definition) is 0. The van der Waals surface area contributed by atoms with Crippen LogP contribution in [0.15, 0.2) is 23.2 Å². The van der Waals surface area contributed by atoms with E-state index in [-0.39, 0.29) is 11.5 Å². The van der Waals surface area contributed by atoms with E-state index in [2.05, 4.69) is 0 Å². The Kier molecular flexibility index (Phi) is 4.18. The number of hydrogen-bond acceptors (Lipinski definition) is 2. The normalized spacial score (nSPS) is 14.2. The van der Waals surface area contributed by atoms with Gasteiger partial charge < -0.3 is 0 Å². The molecule has 0 aliphatic rings. The summed E-state index contributed by atoms with van der Waals surface area (Å²) in [5.74, 6) is -0.386. The Hall–Kier alpha value is -1.19. The maximum Gasteiger partial charge on any atom is 0.246 e. The van der Waals surface area contributed by atoms with Gasteiger partial charge in [-0.2, -0.15) is 0 Å². The van der Waals surface area contributed by atoms with Gasteiger partial charge in [-0.15, -0.1) is 0 Å². The third kappa shape index (κ3) is 3.27. The van der Waals surface area contributed by atoms with E-state index < -0.39 is 4.92 Å². The van der Waals surface area contributed by atoms with Gasteiger partial charge in [0.05, 0.1) is 10.8 Å². The zero-order chi connectivity index (χ0) is 9.72. The molecule has 0 aliphatic carbocycles. The van der Waals surface area contributed by atoms with E-state index in [9.17, 15) is 14.5 Å². The Morgan fingerprint density at radius 1 is 1.58 bits per heavy atom. The zero-order valence-corrected chi connectivity index (χ0v) is 7.43. The summed E-state index contributed by atoms with van der Waals surface area (Å²) in [5.41, 5.74) is 0.341. The van der Waals surface area contributed by atoms with Crippen LogP contribution in [0.2, 0.25) is 0 Å². The van der Waals surface area contributed by atoms with Gasteiger partial charge in [0.1, 0.15) is 0 Å². The molecular formula is C8H12FNO2. The third-order valence-corrected chi connectivity index (χ3v) is 1.52. The summed E-state index contributed by atoms with van der Waals surface area (Å²) in [7, 11) is 0. The highest BCUT2D eigenvalue weighted by atomic mass is 19.1. The molecule has 0 aromatic rings. The van der Waals surface area contributed by atoms with E-state index in [0.717, 1.165) is 0 Å². The van der Waals surface area contributed by atoms with Crippen LogP contribution in [0.5, 0.6) is 0 Å². The van der Waals surface area contributed by atoms with Crippen molar-refractivity contribution in [2.45, 2.75) is 27.2 Å². The van der Waals surface area contributed by atoms with E-state index in [1.807, 2.05) is 0 Å². The van der Waals surface area contributed by atoms with Crippen LogP contribution >= 0.6 is 0 Å². The maximum atomic E-state index is 12.5. The molecule has 0 amide bonds. The Balaban J connectivity index is 4.73. The van der Waals surface area contributed by atoms with Crippen molar-refractivity contribution in [1.82, 2.24) is 0 Å². The van der Waals surface area contributed by atoms with E-state index >= 15 is 0 Å². The summed E-state index contributed by atoms with van der Waals surface area (Å²) in [6.45, 7) is 4.45. The average molecular weight is 173 g/mol. The second kappa shape index (κ2) is 4.64. The predicted octanol–water partition coefficient (Wildman–Crippen LogP) is 2.82. The van der Waals surface area contributed by atoms with E-state index in [1.54, 1.807) is 6.92 Å². The largest absolute Gasteiger partial charge is 0.259 e. The lowest BCUT2D eigenvalue weighted by molar-refractivity contribution is -0.427. The number of nitrogens with zero attached hydrogens (tertiary/aromatic N) is 1. The minimum atomic E-state index is -0.494. The van der Waals surface area contributed by atoms with Gasteiger partial charge in [0.25, 0.3) is 0 Å². The molecule has 0 unspecified atom stereocenters. The Labute approximate surface area is 70.7 Å². The molecule has 0 aliphatic heterocycles. The average Bonchev–Trinajstić information content (AvgIpc) is 1.98. The molecule has 68 valence electrons. The highest BCUT2D eigenvalue weighted by Crippen LogP contribution is 2.11. The minimum Gasteiger partial charge on any atom is -0.259 e. The molecule has 0 rings (SSSR count). The first-order valence-corrected chi connectivity index (χ1v) is 3.67. The lowest BCUT2D eigenvalue weighted by atomic mass is 10.2. The maximum absolute atomic E-state index is 12.5. The van der Waals surface area contributed by atoms with Crippen molar-refractivity contribution < 1.29 is 9.31 Å². The first kappa shape index (κ1) is 10.8. The van der Waals surface area contributed by atoms with Gasteiger partial charge in [-0.3, -0.25) is 10.1 Å². The standard InChI is InChI=1S/C8H12FNO2/c1-4-8(10(11)12)5-6(2)7(3)9/h5H,4H2,1-3H3/b7-6+,8-5+. The van der Waals surface area contributed by atoms with Crippen molar-refractivity contribution in [3.63, 3.8) is 0 Å². The molecule has 0 saturated carbocycles. The quantitative estimate of drug-likeness (QED) is 0.374. The van der Waals surface area contributed by atoms with Crippen molar-refractivity contribution in [1.29, 1.82) is 0 Å². The van der Waals surface area contributed by atoms with Crippen LogP contribution in [0.1, 0.15) is 27.2 Å². The van der Waals surface area contributed by atoms with Gasteiger partial charge in [0.2, 0.25) is 5.70 Å². The van der Waals surface area contributed by atoms with E-state index in [0.29, 0.717) is 12.0 Å². The summed E-state index contributed by atoms with van der Waals surface area (Å²) in [4.78, 5) is 9.79. The van der Waals surface area contributed by atoms with Crippen LogP contribution < -0.4 is 0 Å². The molecule has 0 bridgehead atoms. The molecule has 0 radical (unpaired) electrons. The van der Waals surface area contributed by atoms with Crippen LogP contribution in [0.3, 0.4) is 0 Å². The smallest absolute Gasteiger partial charge is 0.246 e. The van der Waals surface area contributed by atoms with Gasteiger partial charge in [0, 0.05) is 12.5 Å². The summed E-state index contributed by atoms with van der Waals surface area (Å²) >= 11 is 0. The summed E-state index contributed by atoms with van der Waals surface area (Å²) in [6.07, 6.45) is 1.56. The monoisotopic (exact) mass is 173 g/mol. The zero-order valence-electron chi connectivity index (χ0n) is 7.43. The van der Waals surface area contributed by atoms with Crippen LogP contribution in [-0.2, 0) is 0 Å². The first-order chi connectivity index (χ1) is 5.49. The summed E-state index contributed by atoms with van der Waals surface area (Å²) in [6, 6.07) is 0. The minimum absolute atomic E-state index is 0.0319. The molecule has 3 nitrogen and oxygen atoms in total. The molecule has 0 spiro atoms. The number of rotatable bonds is 3. The highest BCUT2D eigenvalue weighted by molar-refractivity contribution is 5.20. The number of nitro groups is 1. The number of allylic oxidation sites excluding steroid dienone is 4. The second-order valence-electron chi connectivity index (χ2n) is 2.46. The van der Waals surface area contributed by atoms with E-state index in [1.165, 1.54) is 19.9 Å². The van der Waals surface area contributed by atoms with Crippen LogP contribution in [-0.4, -0.2) is 4.92 Å². The molecule has 0 saturated heterocycles. The molecule has 0 atom stereocenters. The first-order valence-electron chi connectivity index (χ1n) is 3.67. The summed E-state index contributed by atoms with van der Waals surface area (Å²) in [5, 5.41) is 10.3. The Morgan fingerprint density at radius 2 is 2.08 bits per heavy atom. The molecule has 0 aromatic heterocycles. The fourth-order valence-electron chi connectivity index (χ4n) is 0.633. The van der Waals surface area contributed by atoms with Gasteiger partial charge in [0.15, 0.2) is 0 Å². The van der Waals surface area contributed by atoms with Gasteiger partial charge in [-0.1, -0.05) is 6.92 Å². The summed E-state index contributed by atoms with van der Waals surface area (Å²) < 4.78 is 12.5. The number of halogens is 1. The van der Waals surface area contributed by atoms with E-state index in [4.69, 9.17) is 0 Å². The van der Waals surface area contributed by atoms with Crippen LogP contribution in [0.4, 0.5) is 4.39 Å². The second-order valence-corrected chi connectivity index (χ2v) is 2.46. The lowest BCUT2D eigenvalue weighted by Crippen LogP contribution is -1.97. The topological polar surface area (TPSA) is 43.1 Å². The predicted molar refractivity (Wildman–Crippen MR) is 44.9 cm³/mol. The van der Waals surface area contributed by atoms with Crippen molar-refractivity contribution >= 4 is 0 Å². The van der Waals surface area contributed by atoms with Crippen molar-refractivity contribution in [2.24, 2.45) is 0 Å². The molecule has 12 heavy (non-hydrogen) atoms. The van der Waals surface area contributed by atoms with Crippen molar-refractivity contribution in [2.75, 3.05) is 0 Å². The van der Waals surface area contributed by atoms with Gasteiger partial charge >= 0.3 is 0 Å².